The third kappa shape index (κ3) is 1.75. The van der Waals surface area contributed by atoms with Crippen molar-refractivity contribution in [3.63, 3.8) is 0 Å². The molecular weight excluding hydrogens is 236 g/mol. The molecule has 2 aromatic rings. The molecular formula is C10H7ClOS2. The molecule has 0 amide bonds. The van der Waals surface area contributed by atoms with Crippen molar-refractivity contribution in [1.82, 2.24) is 0 Å². The van der Waals surface area contributed by atoms with E-state index in [0.717, 1.165) is 10.4 Å². The van der Waals surface area contributed by atoms with Crippen LogP contribution in [0.2, 0.25) is 4.34 Å². The van der Waals surface area contributed by atoms with Gasteiger partial charge < -0.3 is 0 Å². The van der Waals surface area contributed by atoms with E-state index in [-0.39, 0.29) is 5.78 Å². The first-order valence-corrected chi connectivity index (χ1v) is 6.15. The van der Waals surface area contributed by atoms with Crippen LogP contribution in [0.15, 0.2) is 22.9 Å². The summed E-state index contributed by atoms with van der Waals surface area (Å²) in [5.74, 6) is 0.0225. The molecule has 0 spiro atoms. The molecule has 0 N–H and O–H groups in total. The van der Waals surface area contributed by atoms with Gasteiger partial charge in [-0.15, -0.1) is 22.7 Å². The van der Waals surface area contributed by atoms with Crippen molar-refractivity contribution in [2.45, 2.75) is 6.92 Å². The molecule has 0 saturated carbocycles. The third-order valence-electron chi connectivity index (χ3n) is 1.82. The molecule has 2 aromatic heterocycles. The fourth-order valence-corrected chi connectivity index (χ4v) is 2.91. The molecule has 72 valence electrons. The number of halogens is 1. The van der Waals surface area contributed by atoms with E-state index in [4.69, 9.17) is 11.6 Å². The second-order valence-corrected chi connectivity index (χ2v) is 5.35. The van der Waals surface area contributed by atoms with Crippen LogP contribution in [0.3, 0.4) is 0 Å². The Morgan fingerprint density at radius 3 is 2.71 bits per heavy atom. The Kier molecular flexibility index (Phi) is 2.72. The molecule has 0 unspecified atom stereocenters. The van der Waals surface area contributed by atoms with Gasteiger partial charge in [0.1, 0.15) is 4.34 Å². The summed E-state index contributed by atoms with van der Waals surface area (Å²) in [6.45, 7) is 1.97. The zero-order valence-electron chi connectivity index (χ0n) is 7.41. The van der Waals surface area contributed by atoms with Crippen LogP contribution in [0.1, 0.15) is 20.8 Å². The molecule has 0 aliphatic heterocycles. The number of carbonyl (C=O) groups is 1. The van der Waals surface area contributed by atoms with Gasteiger partial charge in [-0.05, 0) is 35.4 Å². The van der Waals surface area contributed by atoms with Gasteiger partial charge in [0.15, 0.2) is 0 Å². The van der Waals surface area contributed by atoms with Crippen LogP contribution < -0.4 is 0 Å². The molecule has 14 heavy (non-hydrogen) atoms. The van der Waals surface area contributed by atoms with Crippen molar-refractivity contribution >= 4 is 40.1 Å². The normalized spacial score (nSPS) is 10.4. The predicted molar refractivity (Wildman–Crippen MR) is 61.8 cm³/mol. The standard InChI is InChI=1S/C10H7ClOS2/c1-6-4-8(14-5-6)9(12)7-2-3-13-10(7)11/h2-5H,1H3. The predicted octanol–water partition coefficient (Wildman–Crippen LogP) is 4.00. The summed E-state index contributed by atoms with van der Waals surface area (Å²) in [5, 5.41) is 3.80. The summed E-state index contributed by atoms with van der Waals surface area (Å²) in [6.07, 6.45) is 0. The molecule has 0 aliphatic rings. The van der Waals surface area contributed by atoms with Gasteiger partial charge in [-0.3, -0.25) is 4.79 Å². The van der Waals surface area contributed by atoms with Crippen molar-refractivity contribution in [2.75, 3.05) is 0 Å². The summed E-state index contributed by atoms with van der Waals surface area (Å²) in [7, 11) is 0. The first-order chi connectivity index (χ1) is 6.68. The Morgan fingerprint density at radius 2 is 2.21 bits per heavy atom. The number of aryl methyl sites for hydroxylation is 1. The van der Waals surface area contributed by atoms with Gasteiger partial charge in [0.05, 0.1) is 10.4 Å². The first kappa shape index (κ1) is 9.90. The number of thiophene rings is 2. The molecule has 0 aliphatic carbocycles. The van der Waals surface area contributed by atoms with Crippen LogP contribution >= 0.6 is 34.3 Å². The Labute approximate surface area is 95.0 Å². The zero-order valence-corrected chi connectivity index (χ0v) is 9.80. The Hall–Kier alpha value is -0.640. The summed E-state index contributed by atoms with van der Waals surface area (Å²) < 4.78 is 0.570. The van der Waals surface area contributed by atoms with Crippen molar-refractivity contribution in [2.24, 2.45) is 0 Å². The van der Waals surface area contributed by atoms with E-state index in [1.54, 1.807) is 6.07 Å². The summed E-state index contributed by atoms with van der Waals surface area (Å²) >= 11 is 8.74. The first-order valence-electron chi connectivity index (χ1n) is 4.01. The molecule has 1 nitrogen and oxygen atoms in total. The van der Waals surface area contributed by atoms with E-state index in [1.807, 2.05) is 23.8 Å². The number of ketones is 1. The average molecular weight is 243 g/mol. The summed E-state index contributed by atoms with van der Waals surface area (Å²) in [6, 6.07) is 3.66. The second-order valence-electron chi connectivity index (χ2n) is 2.93. The van der Waals surface area contributed by atoms with Gasteiger partial charge in [0.2, 0.25) is 5.78 Å². The number of hydrogen-bond donors (Lipinski definition) is 0. The Bertz CT molecular complexity index is 470. The number of hydrogen-bond acceptors (Lipinski definition) is 3. The highest BCUT2D eigenvalue weighted by molar-refractivity contribution is 7.15. The monoisotopic (exact) mass is 242 g/mol. The average Bonchev–Trinajstić information content (AvgIpc) is 2.73. The van der Waals surface area contributed by atoms with Crippen LogP contribution in [0.25, 0.3) is 0 Å². The lowest BCUT2D eigenvalue weighted by Crippen LogP contribution is -1.96. The van der Waals surface area contributed by atoms with Gasteiger partial charge in [0, 0.05) is 0 Å². The van der Waals surface area contributed by atoms with Gasteiger partial charge in [0.25, 0.3) is 0 Å². The van der Waals surface area contributed by atoms with E-state index in [0.29, 0.717) is 9.90 Å². The van der Waals surface area contributed by atoms with Crippen LogP contribution in [-0.2, 0) is 0 Å². The quantitative estimate of drug-likeness (QED) is 0.728. The lowest BCUT2D eigenvalue weighted by atomic mass is 10.2. The SMILES string of the molecule is Cc1csc(C(=O)c2ccsc2Cl)c1. The molecule has 0 saturated heterocycles. The number of rotatable bonds is 2. The van der Waals surface area contributed by atoms with Crippen LogP contribution in [0.4, 0.5) is 0 Å². The maximum Gasteiger partial charge on any atom is 0.205 e. The largest absolute Gasteiger partial charge is 0.288 e. The van der Waals surface area contributed by atoms with Gasteiger partial charge in [-0.1, -0.05) is 11.6 Å². The highest BCUT2D eigenvalue weighted by Crippen LogP contribution is 2.27. The Balaban J connectivity index is 2.38. The molecule has 4 heteroatoms. The minimum Gasteiger partial charge on any atom is -0.288 e. The molecule has 2 heterocycles. The van der Waals surface area contributed by atoms with E-state index in [9.17, 15) is 4.79 Å². The highest BCUT2D eigenvalue weighted by Gasteiger charge is 2.14. The lowest BCUT2D eigenvalue weighted by Gasteiger charge is -1.93. The summed E-state index contributed by atoms with van der Waals surface area (Å²) in [4.78, 5) is 12.6. The van der Waals surface area contributed by atoms with Gasteiger partial charge in [-0.2, -0.15) is 0 Å². The molecule has 0 radical (unpaired) electrons. The molecule has 0 aromatic carbocycles. The zero-order chi connectivity index (χ0) is 10.1. The maximum atomic E-state index is 11.9. The summed E-state index contributed by atoms with van der Waals surface area (Å²) in [5.41, 5.74) is 1.73. The Morgan fingerprint density at radius 1 is 1.43 bits per heavy atom. The minimum absolute atomic E-state index is 0.0225. The minimum atomic E-state index is 0.0225. The van der Waals surface area contributed by atoms with Gasteiger partial charge in [-0.25, -0.2) is 0 Å². The fraction of sp³-hybridized carbons (Fsp3) is 0.100. The van der Waals surface area contributed by atoms with Crippen molar-refractivity contribution in [3.05, 3.63) is 43.2 Å². The lowest BCUT2D eigenvalue weighted by molar-refractivity contribution is 0.104. The fourth-order valence-electron chi connectivity index (χ4n) is 1.14. The third-order valence-corrected chi connectivity index (χ3v) is 4.03. The van der Waals surface area contributed by atoms with Crippen molar-refractivity contribution < 1.29 is 4.79 Å². The number of carbonyl (C=O) groups excluding carboxylic acids is 1. The second kappa shape index (κ2) is 3.85. The molecule has 0 bridgehead atoms. The van der Waals surface area contributed by atoms with E-state index in [2.05, 4.69) is 0 Å². The maximum absolute atomic E-state index is 11.9. The highest BCUT2D eigenvalue weighted by atomic mass is 35.5. The van der Waals surface area contributed by atoms with Gasteiger partial charge >= 0.3 is 0 Å². The van der Waals surface area contributed by atoms with Crippen molar-refractivity contribution in [3.8, 4) is 0 Å². The molecule has 0 atom stereocenters. The van der Waals surface area contributed by atoms with E-state index >= 15 is 0 Å². The van der Waals surface area contributed by atoms with E-state index < -0.39 is 0 Å². The van der Waals surface area contributed by atoms with Crippen LogP contribution in [0, 0.1) is 6.92 Å². The van der Waals surface area contributed by atoms with Crippen LogP contribution in [0.5, 0.6) is 0 Å². The van der Waals surface area contributed by atoms with Crippen LogP contribution in [-0.4, -0.2) is 5.78 Å². The smallest absolute Gasteiger partial charge is 0.205 e. The van der Waals surface area contributed by atoms with E-state index in [1.165, 1.54) is 22.7 Å². The topological polar surface area (TPSA) is 17.1 Å². The van der Waals surface area contributed by atoms with Crippen molar-refractivity contribution in [1.29, 1.82) is 0 Å². The molecule has 2 rings (SSSR count). The molecule has 0 fully saturated rings.